The Labute approximate surface area is 165 Å². The van der Waals surface area contributed by atoms with Gasteiger partial charge in [0.2, 0.25) is 0 Å². The molecule has 1 fully saturated rings. The zero-order valence-electron chi connectivity index (χ0n) is 15.2. The number of rotatable bonds is 5. The van der Waals surface area contributed by atoms with Crippen molar-refractivity contribution < 1.29 is 9.72 Å². The molecule has 1 aliphatic heterocycles. The van der Waals surface area contributed by atoms with E-state index in [1.807, 2.05) is 43.3 Å². The Kier molecular flexibility index (Phi) is 5.85. The smallest absolute Gasteiger partial charge is 0.270 e. The highest BCUT2D eigenvalue weighted by molar-refractivity contribution is 8.18. The van der Waals surface area contributed by atoms with Crippen LogP contribution < -0.4 is 10.2 Å². The lowest BCUT2D eigenvalue weighted by Crippen LogP contribution is -2.19. The van der Waals surface area contributed by atoms with Crippen LogP contribution in [0.5, 0.6) is 0 Å². The van der Waals surface area contributed by atoms with E-state index >= 15 is 0 Å². The van der Waals surface area contributed by atoms with Crippen LogP contribution in [-0.2, 0) is 4.79 Å². The Balaban J connectivity index is 1.69. The molecule has 2 aromatic carbocycles. The Morgan fingerprint density at radius 1 is 1.14 bits per heavy atom. The molecule has 8 nitrogen and oxygen atoms in total. The molecule has 3 rings (SSSR count). The number of carbonyl (C=O) groups is 1. The second-order valence-electron chi connectivity index (χ2n) is 6.05. The fourth-order valence-corrected chi connectivity index (χ4v) is 3.14. The minimum absolute atomic E-state index is 0.0310. The third-order valence-electron chi connectivity index (χ3n) is 3.79. The number of amidine groups is 1. The van der Waals surface area contributed by atoms with Crippen molar-refractivity contribution >= 4 is 46.5 Å². The van der Waals surface area contributed by atoms with Crippen LogP contribution >= 0.6 is 11.8 Å². The number of thioether (sulfide) groups is 1. The molecule has 0 aliphatic carbocycles. The zero-order chi connectivity index (χ0) is 20.1. The Morgan fingerprint density at radius 3 is 2.57 bits per heavy atom. The van der Waals surface area contributed by atoms with Crippen LogP contribution in [0.1, 0.15) is 11.1 Å². The molecule has 0 atom stereocenters. The van der Waals surface area contributed by atoms with Gasteiger partial charge in [-0.15, -0.1) is 5.10 Å². The average Bonchev–Trinajstić information content (AvgIpc) is 3.01. The van der Waals surface area contributed by atoms with E-state index in [0.29, 0.717) is 15.6 Å². The third-order valence-corrected chi connectivity index (χ3v) is 4.69. The molecule has 0 unspecified atom stereocenters. The van der Waals surface area contributed by atoms with Crippen LogP contribution in [-0.4, -0.2) is 36.3 Å². The lowest BCUT2D eigenvalue weighted by Gasteiger charge is -2.11. The quantitative estimate of drug-likeness (QED) is 0.362. The van der Waals surface area contributed by atoms with E-state index in [2.05, 4.69) is 15.5 Å². The first kappa shape index (κ1) is 19.3. The van der Waals surface area contributed by atoms with Gasteiger partial charge in [-0.25, -0.2) is 0 Å². The van der Waals surface area contributed by atoms with Gasteiger partial charge >= 0.3 is 0 Å². The van der Waals surface area contributed by atoms with Gasteiger partial charge in [0.15, 0.2) is 5.17 Å². The second-order valence-corrected chi connectivity index (χ2v) is 7.08. The van der Waals surface area contributed by atoms with Gasteiger partial charge in [0, 0.05) is 31.9 Å². The molecule has 0 spiro atoms. The predicted octanol–water partition coefficient (Wildman–Crippen LogP) is 3.25. The molecule has 9 heteroatoms. The zero-order valence-corrected chi connectivity index (χ0v) is 16.0. The number of hydrogen-bond donors (Lipinski definition) is 1. The molecule has 1 heterocycles. The maximum atomic E-state index is 12.1. The summed E-state index contributed by atoms with van der Waals surface area (Å²) in [5, 5.41) is 21.9. The summed E-state index contributed by atoms with van der Waals surface area (Å²) in [4.78, 5) is 24.8. The second kappa shape index (κ2) is 8.49. The topological polar surface area (TPSA) is 100 Å². The van der Waals surface area contributed by atoms with E-state index in [-0.39, 0.29) is 11.6 Å². The summed E-state index contributed by atoms with van der Waals surface area (Å²) in [6.07, 6.45) is 3.18. The first-order chi connectivity index (χ1) is 13.4. The summed E-state index contributed by atoms with van der Waals surface area (Å²) in [7, 11) is 3.93. The van der Waals surface area contributed by atoms with Crippen LogP contribution in [0.2, 0.25) is 0 Å². The van der Waals surface area contributed by atoms with E-state index in [4.69, 9.17) is 0 Å². The van der Waals surface area contributed by atoms with E-state index < -0.39 is 4.92 Å². The SMILES string of the molecule is CN(C)c1ccc(/C=N/N=C2\NC(=O)/C(=C\c3cccc([N+](=O)[O-])c3)S2)cc1. The summed E-state index contributed by atoms with van der Waals surface area (Å²) in [5.41, 5.74) is 2.50. The summed E-state index contributed by atoms with van der Waals surface area (Å²) >= 11 is 1.13. The number of amides is 1. The fourth-order valence-electron chi connectivity index (χ4n) is 2.36. The van der Waals surface area contributed by atoms with E-state index in [1.165, 1.54) is 12.1 Å². The highest BCUT2D eigenvalue weighted by Crippen LogP contribution is 2.27. The molecule has 1 saturated heterocycles. The molecule has 1 aliphatic rings. The normalized spacial score (nSPS) is 16.7. The van der Waals surface area contributed by atoms with Crippen molar-refractivity contribution in [3.8, 4) is 0 Å². The van der Waals surface area contributed by atoms with Gasteiger partial charge < -0.3 is 4.90 Å². The first-order valence-electron chi connectivity index (χ1n) is 8.26. The van der Waals surface area contributed by atoms with Gasteiger partial charge in [-0.05, 0) is 41.1 Å². The van der Waals surface area contributed by atoms with Crippen molar-refractivity contribution in [2.24, 2.45) is 10.2 Å². The van der Waals surface area contributed by atoms with Crippen molar-refractivity contribution in [2.45, 2.75) is 0 Å². The van der Waals surface area contributed by atoms with Crippen LogP contribution in [0.25, 0.3) is 6.08 Å². The van der Waals surface area contributed by atoms with Gasteiger partial charge in [0.25, 0.3) is 11.6 Å². The largest absolute Gasteiger partial charge is 0.378 e. The summed E-state index contributed by atoms with van der Waals surface area (Å²) in [6, 6.07) is 13.9. The number of benzene rings is 2. The standard InChI is InChI=1S/C19H17N5O3S/c1-23(2)15-8-6-13(7-9-15)12-20-22-19-21-18(25)17(28-19)11-14-4-3-5-16(10-14)24(26)27/h3-12H,1-2H3,(H,21,22,25)/b17-11+,20-12+. The van der Waals surface area contributed by atoms with Crippen molar-refractivity contribution in [2.75, 3.05) is 19.0 Å². The minimum atomic E-state index is -0.476. The number of non-ortho nitro benzene ring substituents is 1. The average molecular weight is 395 g/mol. The molecule has 0 saturated carbocycles. The number of nitrogens with zero attached hydrogens (tertiary/aromatic N) is 4. The lowest BCUT2D eigenvalue weighted by atomic mass is 10.2. The predicted molar refractivity (Wildman–Crippen MR) is 113 cm³/mol. The molecule has 0 aromatic heterocycles. The van der Waals surface area contributed by atoms with Crippen LogP contribution in [0, 0.1) is 10.1 Å². The number of carbonyl (C=O) groups excluding carboxylic acids is 1. The molecule has 142 valence electrons. The third kappa shape index (κ3) is 4.83. The molecule has 0 radical (unpaired) electrons. The molecule has 28 heavy (non-hydrogen) atoms. The van der Waals surface area contributed by atoms with Crippen LogP contribution in [0.15, 0.2) is 63.6 Å². The minimum Gasteiger partial charge on any atom is -0.378 e. The Morgan fingerprint density at radius 2 is 1.89 bits per heavy atom. The highest BCUT2D eigenvalue weighted by atomic mass is 32.2. The van der Waals surface area contributed by atoms with E-state index in [9.17, 15) is 14.9 Å². The van der Waals surface area contributed by atoms with Gasteiger partial charge in [-0.2, -0.15) is 5.10 Å². The van der Waals surface area contributed by atoms with Gasteiger partial charge in [-0.3, -0.25) is 20.2 Å². The molecule has 0 bridgehead atoms. The van der Waals surface area contributed by atoms with E-state index in [1.54, 1.807) is 24.4 Å². The maximum Gasteiger partial charge on any atom is 0.270 e. The van der Waals surface area contributed by atoms with Crippen molar-refractivity contribution in [1.82, 2.24) is 5.32 Å². The summed E-state index contributed by atoms with van der Waals surface area (Å²) < 4.78 is 0. The Bertz CT molecular complexity index is 997. The molecular weight excluding hydrogens is 378 g/mol. The van der Waals surface area contributed by atoms with E-state index in [0.717, 1.165) is 23.0 Å². The van der Waals surface area contributed by atoms with Crippen molar-refractivity contribution in [3.05, 3.63) is 74.7 Å². The molecule has 2 aromatic rings. The molecule has 1 N–H and O–H groups in total. The first-order valence-corrected chi connectivity index (χ1v) is 9.08. The maximum absolute atomic E-state index is 12.1. The highest BCUT2D eigenvalue weighted by Gasteiger charge is 2.24. The molecule has 1 amide bonds. The fraction of sp³-hybridized carbons (Fsp3) is 0.105. The van der Waals surface area contributed by atoms with Gasteiger partial charge in [0.1, 0.15) is 0 Å². The van der Waals surface area contributed by atoms with Gasteiger partial charge in [0.05, 0.1) is 16.0 Å². The van der Waals surface area contributed by atoms with Crippen molar-refractivity contribution in [3.63, 3.8) is 0 Å². The number of anilines is 1. The summed E-state index contributed by atoms with van der Waals surface area (Å²) in [6.45, 7) is 0. The van der Waals surface area contributed by atoms with Gasteiger partial charge in [-0.1, -0.05) is 24.3 Å². The molecular formula is C19H17N5O3S. The van der Waals surface area contributed by atoms with Crippen LogP contribution in [0.3, 0.4) is 0 Å². The number of nitrogens with one attached hydrogen (secondary N) is 1. The summed E-state index contributed by atoms with van der Waals surface area (Å²) in [5.74, 6) is -0.319. The number of hydrogen-bond acceptors (Lipinski definition) is 7. The number of nitro groups is 1. The van der Waals surface area contributed by atoms with Crippen LogP contribution in [0.4, 0.5) is 11.4 Å². The van der Waals surface area contributed by atoms with Crippen molar-refractivity contribution in [1.29, 1.82) is 0 Å². The lowest BCUT2D eigenvalue weighted by molar-refractivity contribution is -0.384. The number of nitro benzene ring substituents is 1. The Hall–Kier alpha value is -3.46. The monoisotopic (exact) mass is 395 g/mol.